The van der Waals surface area contributed by atoms with Crippen LogP contribution in [0.4, 0.5) is 0 Å². The molecule has 0 aromatic heterocycles. The number of amides is 1. The van der Waals surface area contributed by atoms with Crippen LogP contribution in [-0.2, 0) is 11.2 Å². The summed E-state index contributed by atoms with van der Waals surface area (Å²) in [5, 5.41) is 12.0. The maximum Gasteiger partial charge on any atom is 0.230 e. The molecule has 0 saturated heterocycles. The van der Waals surface area contributed by atoms with Crippen LogP contribution < -0.4 is 5.32 Å². The summed E-state index contributed by atoms with van der Waals surface area (Å²) in [6, 6.07) is 7.05. The Morgan fingerprint density at radius 1 is 1.28 bits per heavy atom. The number of carbonyl (C=O) groups is 1. The standard InChI is InChI=1S/C14H21NO2S/c1-14(2,3)18-10-13(17)15-9-8-11-4-6-12(16)7-5-11/h4-7,16H,8-10H2,1-3H3,(H,15,17). The molecule has 0 saturated carbocycles. The van der Waals surface area contributed by atoms with E-state index in [4.69, 9.17) is 5.11 Å². The number of benzene rings is 1. The zero-order valence-corrected chi connectivity index (χ0v) is 12.0. The first-order valence-corrected chi connectivity index (χ1v) is 7.04. The van der Waals surface area contributed by atoms with Gasteiger partial charge in [0.1, 0.15) is 5.75 Å². The lowest BCUT2D eigenvalue weighted by Crippen LogP contribution is -2.28. The van der Waals surface area contributed by atoms with Gasteiger partial charge in [0.25, 0.3) is 0 Å². The summed E-state index contributed by atoms with van der Waals surface area (Å²) in [7, 11) is 0. The molecule has 4 heteroatoms. The second-order valence-electron chi connectivity index (χ2n) is 5.17. The first-order valence-electron chi connectivity index (χ1n) is 6.05. The van der Waals surface area contributed by atoms with Crippen molar-refractivity contribution in [2.75, 3.05) is 12.3 Å². The highest BCUT2D eigenvalue weighted by atomic mass is 32.2. The number of phenolic OH excluding ortho intramolecular Hbond substituents is 1. The second-order valence-corrected chi connectivity index (χ2v) is 6.97. The molecule has 0 atom stereocenters. The van der Waals surface area contributed by atoms with Crippen molar-refractivity contribution in [2.45, 2.75) is 31.9 Å². The molecule has 0 bridgehead atoms. The van der Waals surface area contributed by atoms with Gasteiger partial charge in [0, 0.05) is 11.3 Å². The number of hydrogen-bond acceptors (Lipinski definition) is 3. The van der Waals surface area contributed by atoms with Gasteiger partial charge < -0.3 is 10.4 Å². The first kappa shape index (κ1) is 14.9. The number of carbonyl (C=O) groups excluding carboxylic acids is 1. The predicted octanol–water partition coefficient (Wildman–Crippen LogP) is 2.58. The van der Waals surface area contributed by atoms with E-state index in [9.17, 15) is 4.79 Å². The van der Waals surface area contributed by atoms with Gasteiger partial charge >= 0.3 is 0 Å². The van der Waals surface area contributed by atoms with E-state index in [0.29, 0.717) is 12.3 Å². The molecule has 18 heavy (non-hydrogen) atoms. The van der Waals surface area contributed by atoms with Gasteiger partial charge in [0.05, 0.1) is 5.75 Å². The highest BCUT2D eigenvalue weighted by Crippen LogP contribution is 2.22. The maximum atomic E-state index is 11.6. The molecule has 1 aromatic carbocycles. The average Bonchev–Trinajstić information content (AvgIpc) is 2.28. The molecule has 0 aliphatic carbocycles. The van der Waals surface area contributed by atoms with Gasteiger partial charge in [-0.3, -0.25) is 4.79 Å². The number of phenols is 1. The topological polar surface area (TPSA) is 49.3 Å². The van der Waals surface area contributed by atoms with E-state index in [0.717, 1.165) is 12.0 Å². The lowest BCUT2D eigenvalue weighted by molar-refractivity contribution is -0.118. The van der Waals surface area contributed by atoms with Crippen molar-refractivity contribution in [3.8, 4) is 5.75 Å². The van der Waals surface area contributed by atoms with Crippen LogP contribution in [0.15, 0.2) is 24.3 Å². The molecule has 0 aliphatic rings. The molecule has 1 amide bonds. The van der Waals surface area contributed by atoms with Crippen LogP contribution in [0.25, 0.3) is 0 Å². The van der Waals surface area contributed by atoms with Crippen LogP contribution >= 0.6 is 11.8 Å². The van der Waals surface area contributed by atoms with Crippen LogP contribution in [0, 0.1) is 0 Å². The highest BCUT2D eigenvalue weighted by molar-refractivity contribution is 8.01. The van der Waals surface area contributed by atoms with Crippen LogP contribution in [0.2, 0.25) is 0 Å². The largest absolute Gasteiger partial charge is 0.508 e. The van der Waals surface area contributed by atoms with Crippen molar-refractivity contribution < 1.29 is 9.90 Å². The Bertz CT molecular complexity index is 382. The van der Waals surface area contributed by atoms with E-state index >= 15 is 0 Å². The minimum absolute atomic E-state index is 0.0775. The van der Waals surface area contributed by atoms with Gasteiger partial charge in [-0.15, -0.1) is 11.8 Å². The third kappa shape index (κ3) is 6.55. The lowest BCUT2D eigenvalue weighted by Gasteiger charge is -2.16. The van der Waals surface area contributed by atoms with Gasteiger partial charge in [-0.1, -0.05) is 32.9 Å². The minimum Gasteiger partial charge on any atom is -0.508 e. The summed E-state index contributed by atoms with van der Waals surface area (Å²) in [5.74, 6) is 0.845. The van der Waals surface area contributed by atoms with Gasteiger partial charge in [-0.05, 0) is 24.1 Å². The Labute approximate surface area is 113 Å². The molecule has 0 radical (unpaired) electrons. The Morgan fingerprint density at radius 3 is 2.44 bits per heavy atom. The first-order chi connectivity index (χ1) is 8.37. The fourth-order valence-electron chi connectivity index (χ4n) is 1.34. The van der Waals surface area contributed by atoms with Gasteiger partial charge in [-0.25, -0.2) is 0 Å². The molecule has 0 unspecified atom stereocenters. The molecule has 1 rings (SSSR count). The SMILES string of the molecule is CC(C)(C)SCC(=O)NCCc1ccc(O)cc1. The minimum atomic E-state index is 0.0775. The number of thioether (sulfide) groups is 1. The molecule has 0 heterocycles. The molecular formula is C14H21NO2S. The van der Waals surface area contributed by atoms with Crippen LogP contribution in [0.3, 0.4) is 0 Å². The zero-order valence-electron chi connectivity index (χ0n) is 11.2. The fraction of sp³-hybridized carbons (Fsp3) is 0.500. The van der Waals surface area contributed by atoms with Gasteiger partial charge in [-0.2, -0.15) is 0 Å². The summed E-state index contributed by atoms with van der Waals surface area (Å²) in [4.78, 5) is 11.6. The quantitative estimate of drug-likeness (QED) is 0.862. The van der Waals surface area contributed by atoms with Crippen LogP contribution in [0.1, 0.15) is 26.3 Å². The Kier molecular flexibility index (Phi) is 5.54. The summed E-state index contributed by atoms with van der Waals surface area (Å²) in [6.07, 6.45) is 0.784. The molecule has 3 nitrogen and oxygen atoms in total. The molecule has 0 aliphatic heterocycles. The number of aromatic hydroxyl groups is 1. The molecule has 100 valence electrons. The third-order valence-corrected chi connectivity index (χ3v) is 3.58. The van der Waals surface area contributed by atoms with Crippen molar-refractivity contribution in [2.24, 2.45) is 0 Å². The number of hydrogen-bond donors (Lipinski definition) is 2. The van der Waals surface area contributed by atoms with E-state index in [1.54, 1.807) is 23.9 Å². The molecule has 1 aromatic rings. The monoisotopic (exact) mass is 267 g/mol. The van der Waals surface area contributed by atoms with Crippen LogP contribution in [-0.4, -0.2) is 28.1 Å². The maximum absolute atomic E-state index is 11.6. The van der Waals surface area contributed by atoms with Crippen molar-refractivity contribution in [1.82, 2.24) is 5.32 Å². The van der Waals surface area contributed by atoms with E-state index < -0.39 is 0 Å². The number of nitrogens with one attached hydrogen (secondary N) is 1. The van der Waals surface area contributed by atoms with E-state index in [2.05, 4.69) is 26.1 Å². The second kappa shape index (κ2) is 6.69. The molecular weight excluding hydrogens is 246 g/mol. The Morgan fingerprint density at radius 2 is 1.89 bits per heavy atom. The van der Waals surface area contributed by atoms with Gasteiger partial charge in [0.15, 0.2) is 0 Å². The molecule has 0 spiro atoms. The zero-order chi connectivity index (χ0) is 13.6. The fourth-order valence-corrected chi connectivity index (χ4v) is 2.01. The van der Waals surface area contributed by atoms with Crippen molar-refractivity contribution >= 4 is 17.7 Å². The predicted molar refractivity (Wildman–Crippen MR) is 77.0 cm³/mol. The number of rotatable bonds is 5. The average molecular weight is 267 g/mol. The Hall–Kier alpha value is -1.16. The summed E-state index contributed by atoms with van der Waals surface area (Å²) < 4.78 is 0.119. The Balaban J connectivity index is 2.21. The lowest BCUT2D eigenvalue weighted by atomic mass is 10.1. The van der Waals surface area contributed by atoms with E-state index in [-0.39, 0.29) is 16.4 Å². The van der Waals surface area contributed by atoms with Crippen molar-refractivity contribution in [3.63, 3.8) is 0 Å². The normalized spacial score (nSPS) is 11.3. The highest BCUT2D eigenvalue weighted by Gasteiger charge is 2.12. The molecule has 2 N–H and O–H groups in total. The molecule has 0 fully saturated rings. The summed E-state index contributed by atoms with van der Waals surface area (Å²) in [6.45, 7) is 6.93. The van der Waals surface area contributed by atoms with Gasteiger partial charge in [0.2, 0.25) is 5.91 Å². The third-order valence-electron chi connectivity index (χ3n) is 2.31. The van der Waals surface area contributed by atoms with E-state index in [1.807, 2.05) is 12.1 Å². The van der Waals surface area contributed by atoms with Crippen LogP contribution in [0.5, 0.6) is 5.75 Å². The van der Waals surface area contributed by atoms with E-state index in [1.165, 1.54) is 0 Å². The smallest absolute Gasteiger partial charge is 0.230 e. The summed E-state index contributed by atoms with van der Waals surface area (Å²) >= 11 is 1.64. The van der Waals surface area contributed by atoms with Crippen molar-refractivity contribution in [1.29, 1.82) is 0 Å². The van der Waals surface area contributed by atoms with Crippen molar-refractivity contribution in [3.05, 3.63) is 29.8 Å². The summed E-state index contributed by atoms with van der Waals surface area (Å²) in [5.41, 5.74) is 1.11.